The Morgan fingerprint density at radius 2 is 2.47 bits per heavy atom. The topological polar surface area (TPSA) is 88.3 Å². The maximum absolute atomic E-state index is 11.7. The molecule has 1 aliphatic heterocycles. The van der Waals surface area contributed by atoms with Gasteiger partial charge in [0.05, 0.1) is 15.7 Å². The Bertz CT molecular complexity index is 460. The normalized spacial score (nSPS) is 15.1. The van der Waals surface area contributed by atoms with Crippen molar-refractivity contribution < 1.29 is 9.59 Å². The number of carbonyl (C=O) groups is 2. The Morgan fingerprint density at radius 1 is 1.71 bits per heavy atom. The monoisotopic (exact) mass is 272 g/mol. The van der Waals surface area contributed by atoms with Crippen LogP contribution in [-0.4, -0.2) is 40.7 Å². The highest BCUT2D eigenvalue weighted by atomic mass is 32.2. The Hall–Kier alpha value is -1.28. The third kappa shape index (κ3) is 2.70. The van der Waals surface area contributed by atoms with E-state index in [1.807, 2.05) is 6.92 Å². The fourth-order valence-electron chi connectivity index (χ4n) is 1.45. The number of hydrogen-bond donors (Lipinski definition) is 2. The summed E-state index contributed by atoms with van der Waals surface area (Å²) >= 11 is 2.73. The number of aromatic nitrogens is 1. The van der Waals surface area contributed by atoms with Crippen molar-refractivity contribution in [3.63, 3.8) is 0 Å². The fraction of sp³-hybridized carbons (Fsp3) is 0.444. The highest BCUT2D eigenvalue weighted by molar-refractivity contribution is 8.01. The fourth-order valence-corrected chi connectivity index (χ4v) is 3.35. The van der Waals surface area contributed by atoms with Crippen LogP contribution in [-0.2, 0) is 4.79 Å². The van der Waals surface area contributed by atoms with Crippen LogP contribution in [0.2, 0.25) is 0 Å². The summed E-state index contributed by atoms with van der Waals surface area (Å²) in [5, 5.41) is 3.09. The largest absolute Gasteiger partial charge is 0.375 e. The molecule has 0 aromatic carbocycles. The van der Waals surface area contributed by atoms with Crippen molar-refractivity contribution >= 4 is 40.2 Å². The molecule has 17 heavy (non-hydrogen) atoms. The summed E-state index contributed by atoms with van der Waals surface area (Å²) in [5.74, 6) is 0.0481. The van der Waals surface area contributed by atoms with E-state index in [0.29, 0.717) is 18.2 Å². The van der Waals surface area contributed by atoms with Gasteiger partial charge in [0, 0.05) is 13.1 Å². The van der Waals surface area contributed by atoms with Crippen LogP contribution in [0.1, 0.15) is 5.69 Å². The van der Waals surface area contributed by atoms with Gasteiger partial charge in [-0.05, 0) is 6.92 Å². The highest BCUT2D eigenvalue weighted by Gasteiger charge is 2.26. The van der Waals surface area contributed by atoms with Gasteiger partial charge < -0.3 is 11.1 Å². The minimum absolute atomic E-state index is 0.184. The van der Waals surface area contributed by atoms with E-state index in [4.69, 9.17) is 5.73 Å². The van der Waals surface area contributed by atoms with E-state index in [1.54, 1.807) is 0 Å². The molecule has 0 saturated carbocycles. The lowest BCUT2D eigenvalue weighted by Gasteiger charge is -2.10. The van der Waals surface area contributed by atoms with Crippen molar-refractivity contribution in [3.05, 3.63) is 5.69 Å². The van der Waals surface area contributed by atoms with Crippen LogP contribution in [0.5, 0.6) is 0 Å². The van der Waals surface area contributed by atoms with Gasteiger partial charge >= 0.3 is 6.03 Å². The number of nitrogens with one attached hydrogen (secondary N) is 1. The van der Waals surface area contributed by atoms with Crippen molar-refractivity contribution in [1.29, 1.82) is 0 Å². The SMILES string of the molecule is Cc1nc(N)sc1SCC(=O)N1CCNC1=O. The minimum Gasteiger partial charge on any atom is -0.375 e. The molecule has 1 aromatic heterocycles. The zero-order valence-corrected chi connectivity index (χ0v) is 10.9. The van der Waals surface area contributed by atoms with Crippen LogP contribution in [0.15, 0.2) is 4.21 Å². The van der Waals surface area contributed by atoms with Gasteiger partial charge in [0.1, 0.15) is 0 Å². The number of aryl methyl sites for hydroxylation is 1. The molecule has 1 saturated heterocycles. The molecule has 2 rings (SSSR count). The molecule has 0 aliphatic carbocycles. The molecule has 0 bridgehead atoms. The smallest absolute Gasteiger partial charge is 0.324 e. The van der Waals surface area contributed by atoms with Crippen LogP contribution in [0.25, 0.3) is 0 Å². The number of anilines is 1. The first-order valence-electron chi connectivity index (χ1n) is 5.02. The first kappa shape index (κ1) is 12.2. The molecule has 1 aromatic rings. The second kappa shape index (κ2) is 4.92. The lowest BCUT2D eigenvalue weighted by atomic mass is 10.5. The van der Waals surface area contributed by atoms with Gasteiger partial charge in [-0.3, -0.25) is 9.69 Å². The molecule has 1 fully saturated rings. The second-order valence-corrected chi connectivity index (χ2v) is 5.77. The van der Waals surface area contributed by atoms with Crippen molar-refractivity contribution in [1.82, 2.24) is 15.2 Å². The number of hydrogen-bond acceptors (Lipinski definition) is 6. The van der Waals surface area contributed by atoms with E-state index in [9.17, 15) is 9.59 Å². The first-order chi connectivity index (χ1) is 8.08. The van der Waals surface area contributed by atoms with E-state index >= 15 is 0 Å². The van der Waals surface area contributed by atoms with Crippen molar-refractivity contribution in [2.24, 2.45) is 0 Å². The van der Waals surface area contributed by atoms with Crippen molar-refractivity contribution in [3.8, 4) is 0 Å². The summed E-state index contributed by atoms with van der Waals surface area (Å²) in [6.07, 6.45) is 0. The molecule has 2 heterocycles. The third-order valence-corrected chi connectivity index (χ3v) is 4.59. The predicted molar refractivity (Wildman–Crippen MR) is 67.1 cm³/mol. The van der Waals surface area contributed by atoms with Crippen molar-refractivity contribution in [2.45, 2.75) is 11.1 Å². The number of thioether (sulfide) groups is 1. The number of amides is 3. The molecule has 3 amide bonds. The molecule has 0 atom stereocenters. The average molecular weight is 272 g/mol. The Kier molecular flexibility index (Phi) is 3.53. The minimum atomic E-state index is -0.309. The first-order valence-corrected chi connectivity index (χ1v) is 6.82. The average Bonchev–Trinajstić information content (AvgIpc) is 2.81. The summed E-state index contributed by atoms with van der Waals surface area (Å²) in [6, 6.07) is -0.309. The predicted octanol–water partition coefficient (Wildman–Crippen LogP) is 0.678. The number of imide groups is 1. The molecule has 1 aliphatic rings. The maximum atomic E-state index is 11.7. The van der Waals surface area contributed by atoms with E-state index in [2.05, 4.69) is 10.3 Å². The quantitative estimate of drug-likeness (QED) is 0.790. The van der Waals surface area contributed by atoms with Crippen LogP contribution < -0.4 is 11.1 Å². The van der Waals surface area contributed by atoms with E-state index in [-0.39, 0.29) is 17.7 Å². The Morgan fingerprint density at radius 3 is 3.00 bits per heavy atom. The van der Waals surface area contributed by atoms with E-state index in [1.165, 1.54) is 28.0 Å². The molecule has 0 spiro atoms. The summed E-state index contributed by atoms with van der Waals surface area (Å²) in [6.45, 7) is 2.83. The molecule has 92 valence electrons. The zero-order chi connectivity index (χ0) is 12.4. The zero-order valence-electron chi connectivity index (χ0n) is 9.23. The van der Waals surface area contributed by atoms with Crippen LogP contribution >= 0.6 is 23.1 Å². The molecule has 0 unspecified atom stereocenters. The summed E-state index contributed by atoms with van der Waals surface area (Å²) in [7, 11) is 0. The van der Waals surface area contributed by atoms with Crippen molar-refractivity contribution in [2.75, 3.05) is 24.6 Å². The Labute approximate surface area is 107 Å². The summed E-state index contributed by atoms with van der Waals surface area (Å²) in [5.41, 5.74) is 6.39. The Balaban J connectivity index is 1.92. The molecule has 8 heteroatoms. The van der Waals surface area contributed by atoms with Gasteiger partial charge in [-0.25, -0.2) is 9.78 Å². The number of nitrogens with zero attached hydrogens (tertiary/aromatic N) is 2. The van der Waals surface area contributed by atoms with Gasteiger partial charge in [-0.1, -0.05) is 11.3 Å². The van der Waals surface area contributed by atoms with E-state index in [0.717, 1.165) is 9.90 Å². The number of nitrogen functional groups attached to an aromatic ring is 1. The standard InChI is InChI=1S/C9H12N4O2S2/c1-5-7(17-8(10)12-5)16-4-6(14)13-3-2-11-9(13)15/h2-4H2,1H3,(H2,10,12)(H,11,15). The number of thiazole rings is 1. The van der Waals surface area contributed by atoms with E-state index < -0.39 is 0 Å². The maximum Gasteiger partial charge on any atom is 0.324 e. The number of urea groups is 1. The van der Waals surface area contributed by atoms with Gasteiger partial charge in [0.15, 0.2) is 5.13 Å². The molecular formula is C9H12N4O2S2. The molecule has 6 nitrogen and oxygen atoms in total. The molecular weight excluding hydrogens is 260 g/mol. The highest BCUT2D eigenvalue weighted by Crippen LogP contribution is 2.30. The number of nitrogens with two attached hydrogens (primary N) is 1. The number of carbonyl (C=O) groups excluding carboxylic acids is 2. The van der Waals surface area contributed by atoms with Gasteiger partial charge in [-0.15, -0.1) is 11.8 Å². The third-order valence-electron chi connectivity index (χ3n) is 2.26. The number of rotatable bonds is 3. The van der Waals surface area contributed by atoms with Crippen LogP contribution in [0, 0.1) is 6.92 Å². The second-order valence-electron chi connectivity index (χ2n) is 3.49. The van der Waals surface area contributed by atoms with Crippen LogP contribution in [0.3, 0.4) is 0 Å². The lowest BCUT2D eigenvalue weighted by Crippen LogP contribution is -2.35. The summed E-state index contributed by atoms with van der Waals surface area (Å²) < 4.78 is 0.926. The summed E-state index contributed by atoms with van der Waals surface area (Å²) in [4.78, 5) is 28.3. The lowest BCUT2D eigenvalue weighted by molar-refractivity contribution is -0.124. The molecule has 0 radical (unpaired) electrons. The van der Waals surface area contributed by atoms with Gasteiger partial charge in [0.2, 0.25) is 5.91 Å². The van der Waals surface area contributed by atoms with Gasteiger partial charge in [-0.2, -0.15) is 0 Å². The molecule has 3 N–H and O–H groups in total. The van der Waals surface area contributed by atoms with Crippen LogP contribution in [0.4, 0.5) is 9.93 Å². The van der Waals surface area contributed by atoms with Gasteiger partial charge in [0.25, 0.3) is 0 Å².